The van der Waals surface area contributed by atoms with Crippen LogP contribution in [0.3, 0.4) is 0 Å². The number of piperidine rings is 1. The molecule has 0 amide bonds. The molecule has 3 rings (SSSR count). The van der Waals surface area contributed by atoms with Crippen LogP contribution in [0.5, 0.6) is 5.75 Å². The first-order chi connectivity index (χ1) is 10.2. The van der Waals surface area contributed by atoms with Crippen molar-refractivity contribution in [1.29, 1.82) is 0 Å². The third-order valence-corrected chi connectivity index (χ3v) is 4.64. The molecule has 0 aliphatic carbocycles. The highest BCUT2D eigenvalue weighted by atomic mass is 19.1. The Bertz CT molecular complexity index is 615. The van der Waals surface area contributed by atoms with Gasteiger partial charge in [-0.3, -0.25) is 9.29 Å². The van der Waals surface area contributed by atoms with Crippen molar-refractivity contribution in [2.24, 2.45) is 5.92 Å². The van der Waals surface area contributed by atoms with Crippen molar-refractivity contribution in [3.63, 3.8) is 0 Å². The Kier molecular flexibility index (Phi) is 4.15. The molecule has 2 heterocycles. The summed E-state index contributed by atoms with van der Waals surface area (Å²) in [6.07, 6.45) is 3.90. The molecule has 0 radical (unpaired) electrons. The number of alkyl halides is 1. The normalized spacial score (nSPS) is 17.5. The van der Waals surface area contributed by atoms with Gasteiger partial charge in [-0.25, -0.2) is 0 Å². The standard InChI is InChI=1S/C17H23FN2O/c1-12-9-16(21-2)15(14-3-6-19-17(12)14)11-20-7-4-13(10-18)5-8-20/h3,6,9,13,19H,4-5,7-8,10-11H2,1-2H3. The van der Waals surface area contributed by atoms with Crippen molar-refractivity contribution in [1.82, 2.24) is 9.88 Å². The van der Waals surface area contributed by atoms with Crippen molar-refractivity contribution < 1.29 is 9.13 Å². The molecule has 21 heavy (non-hydrogen) atoms. The molecule has 0 bridgehead atoms. The van der Waals surface area contributed by atoms with Crippen LogP contribution < -0.4 is 4.74 Å². The number of nitrogens with zero attached hydrogens (tertiary/aromatic N) is 1. The van der Waals surface area contributed by atoms with Crippen molar-refractivity contribution in [3.8, 4) is 5.75 Å². The lowest BCUT2D eigenvalue weighted by Gasteiger charge is -2.31. The molecule has 1 aromatic carbocycles. The average molecular weight is 290 g/mol. The van der Waals surface area contributed by atoms with Crippen molar-refractivity contribution in [2.45, 2.75) is 26.3 Å². The van der Waals surface area contributed by atoms with Gasteiger partial charge in [0.1, 0.15) is 5.75 Å². The molecule has 1 N–H and O–H groups in total. The number of likely N-dealkylation sites (tertiary alicyclic amines) is 1. The number of ether oxygens (including phenoxy) is 1. The van der Waals surface area contributed by atoms with Crippen molar-refractivity contribution >= 4 is 10.9 Å². The first kappa shape index (κ1) is 14.4. The van der Waals surface area contributed by atoms with E-state index in [4.69, 9.17) is 4.74 Å². The summed E-state index contributed by atoms with van der Waals surface area (Å²) < 4.78 is 18.3. The van der Waals surface area contributed by atoms with E-state index in [2.05, 4.69) is 28.9 Å². The summed E-state index contributed by atoms with van der Waals surface area (Å²) in [7, 11) is 1.73. The fraction of sp³-hybridized carbons (Fsp3) is 0.529. The molecule has 3 nitrogen and oxygen atoms in total. The monoisotopic (exact) mass is 290 g/mol. The highest BCUT2D eigenvalue weighted by Crippen LogP contribution is 2.32. The first-order valence-corrected chi connectivity index (χ1v) is 7.64. The van der Waals surface area contributed by atoms with Crippen molar-refractivity contribution in [2.75, 3.05) is 26.9 Å². The zero-order valence-electron chi connectivity index (χ0n) is 12.8. The largest absolute Gasteiger partial charge is 0.496 e. The lowest BCUT2D eigenvalue weighted by molar-refractivity contribution is 0.158. The van der Waals surface area contributed by atoms with Gasteiger partial charge in [-0.2, -0.15) is 0 Å². The van der Waals surface area contributed by atoms with Gasteiger partial charge in [-0.1, -0.05) is 0 Å². The molecule has 0 unspecified atom stereocenters. The zero-order chi connectivity index (χ0) is 14.8. The molecular formula is C17H23FN2O. The van der Waals surface area contributed by atoms with Gasteiger partial charge in [0.05, 0.1) is 13.8 Å². The lowest BCUT2D eigenvalue weighted by atomic mass is 9.97. The smallest absolute Gasteiger partial charge is 0.124 e. The predicted octanol–water partition coefficient (Wildman–Crippen LogP) is 3.67. The van der Waals surface area contributed by atoms with Crippen molar-refractivity contribution in [3.05, 3.63) is 29.5 Å². The minimum absolute atomic E-state index is 0.177. The fourth-order valence-electron chi connectivity index (χ4n) is 3.30. The van der Waals surface area contributed by atoms with Crippen LogP contribution in [0.4, 0.5) is 4.39 Å². The van der Waals surface area contributed by atoms with Gasteiger partial charge in [0, 0.05) is 29.2 Å². The molecular weight excluding hydrogens is 267 g/mol. The Balaban J connectivity index is 1.86. The van der Waals surface area contributed by atoms with E-state index in [1.807, 2.05) is 6.20 Å². The Morgan fingerprint density at radius 3 is 2.81 bits per heavy atom. The Morgan fingerprint density at radius 1 is 1.38 bits per heavy atom. The van der Waals surface area contributed by atoms with E-state index in [0.29, 0.717) is 0 Å². The van der Waals surface area contributed by atoms with E-state index in [9.17, 15) is 4.39 Å². The molecule has 0 saturated carbocycles. The number of rotatable bonds is 4. The number of H-pyrrole nitrogens is 1. The summed E-state index contributed by atoms with van der Waals surface area (Å²) in [5.41, 5.74) is 3.62. The molecule has 0 spiro atoms. The van der Waals surface area contributed by atoms with Gasteiger partial charge in [0.2, 0.25) is 0 Å². The summed E-state index contributed by atoms with van der Waals surface area (Å²) in [5.74, 6) is 1.21. The molecule has 0 atom stereocenters. The van der Waals surface area contributed by atoms with Crippen LogP contribution >= 0.6 is 0 Å². The second-order valence-electron chi connectivity index (χ2n) is 6.01. The van der Waals surface area contributed by atoms with E-state index in [1.54, 1.807) is 7.11 Å². The molecule has 1 aromatic heterocycles. The summed E-state index contributed by atoms with van der Waals surface area (Å²) in [6.45, 7) is 4.73. The third-order valence-electron chi connectivity index (χ3n) is 4.64. The number of aryl methyl sites for hydroxylation is 1. The van der Waals surface area contributed by atoms with Crippen LogP contribution in [0.25, 0.3) is 10.9 Å². The average Bonchev–Trinajstić information content (AvgIpc) is 3.00. The highest BCUT2D eigenvalue weighted by molar-refractivity contribution is 5.88. The topological polar surface area (TPSA) is 28.3 Å². The van der Waals surface area contributed by atoms with Crippen LogP contribution in [-0.4, -0.2) is 36.8 Å². The van der Waals surface area contributed by atoms with Crippen LogP contribution in [-0.2, 0) is 6.54 Å². The molecule has 1 saturated heterocycles. The quantitative estimate of drug-likeness (QED) is 0.930. The Morgan fingerprint density at radius 2 is 2.14 bits per heavy atom. The summed E-state index contributed by atoms with van der Waals surface area (Å²) in [6, 6.07) is 4.22. The van der Waals surface area contributed by atoms with Crippen LogP contribution in [0, 0.1) is 12.8 Å². The second kappa shape index (κ2) is 6.06. The first-order valence-electron chi connectivity index (χ1n) is 7.64. The zero-order valence-corrected chi connectivity index (χ0v) is 12.8. The van der Waals surface area contributed by atoms with Gasteiger partial charge >= 0.3 is 0 Å². The third kappa shape index (κ3) is 2.77. The number of aromatic nitrogens is 1. The van der Waals surface area contributed by atoms with E-state index >= 15 is 0 Å². The Labute approximate surface area is 125 Å². The van der Waals surface area contributed by atoms with Crippen LogP contribution in [0.1, 0.15) is 24.0 Å². The summed E-state index contributed by atoms with van der Waals surface area (Å²) in [4.78, 5) is 5.72. The van der Waals surface area contributed by atoms with Gasteiger partial charge in [0.15, 0.2) is 0 Å². The van der Waals surface area contributed by atoms with Crippen LogP contribution in [0.15, 0.2) is 18.3 Å². The number of aromatic amines is 1. The summed E-state index contributed by atoms with van der Waals surface area (Å²) >= 11 is 0. The molecule has 1 fully saturated rings. The minimum atomic E-state index is -0.177. The maximum atomic E-state index is 12.7. The second-order valence-corrected chi connectivity index (χ2v) is 6.01. The van der Waals surface area contributed by atoms with E-state index in [1.165, 1.54) is 22.0 Å². The predicted molar refractivity (Wildman–Crippen MR) is 83.6 cm³/mol. The number of halogens is 1. The molecule has 1 aliphatic rings. The number of methoxy groups -OCH3 is 1. The van der Waals surface area contributed by atoms with E-state index < -0.39 is 0 Å². The molecule has 1 aliphatic heterocycles. The fourth-order valence-corrected chi connectivity index (χ4v) is 3.30. The molecule has 114 valence electrons. The van der Waals surface area contributed by atoms with Gasteiger partial charge in [0.25, 0.3) is 0 Å². The Hall–Kier alpha value is -1.55. The van der Waals surface area contributed by atoms with E-state index in [-0.39, 0.29) is 12.6 Å². The minimum Gasteiger partial charge on any atom is -0.496 e. The number of fused-ring (bicyclic) bond motifs is 1. The number of benzene rings is 1. The molecule has 2 aromatic rings. The number of hydrogen-bond donors (Lipinski definition) is 1. The SMILES string of the molecule is COc1cc(C)c2[nH]ccc2c1CN1CCC(CF)CC1. The van der Waals surface area contributed by atoms with Crippen LogP contribution in [0.2, 0.25) is 0 Å². The molecule has 4 heteroatoms. The highest BCUT2D eigenvalue weighted by Gasteiger charge is 2.21. The van der Waals surface area contributed by atoms with Gasteiger partial charge in [-0.15, -0.1) is 0 Å². The summed E-state index contributed by atoms with van der Waals surface area (Å²) in [5, 5.41) is 1.24. The van der Waals surface area contributed by atoms with Gasteiger partial charge in [-0.05, 0) is 56.5 Å². The maximum Gasteiger partial charge on any atom is 0.124 e. The van der Waals surface area contributed by atoms with E-state index in [0.717, 1.165) is 38.2 Å². The maximum absolute atomic E-state index is 12.7. The lowest BCUT2D eigenvalue weighted by Crippen LogP contribution is -2.34. The van der Waals surface area contributed by atoms with Gasteiger partial charge < -0.3 is 9.72 Å². The number of nitrogens with one attached hydrogen (secondary N) is 1. The number of hydrogen-bond acceptors (Lipinski definition) is 2.